The third-order valence-electron chi connectivity index (χ3n) is 5.97. The molecule has 1 aliphatic heterocycles. The second-order valence-electron chi connectivity index (χ2n) is 8.04. The van der Waals surface area contributed by atoms with Crippen LogP contribution < -0.4 is 14.8 Å². The van der Waals surface area contributed by atoms with Crippen LogP contribution >= 0.6 is 0 Å². The van der Waals surface area contributed by atoms with E-state index in [4.69, 9.17) is 14.2 Å². The van der Waals surface area contributed by atoms with Crippen LogP contribution in [-0.2, 0) is 17.7 Å². The van der Waals surface area contributed by atoms with Crippen molar-refractivity contribution in [2.75, 3.05) is 34.4 Å². The number of methoxy groups -OCH3 is 3. The van der Waals surface area contributed by atoms with Gasteiger partial charge in [-0.25, -0.2) is 9.59 Å². The Hall–Kier alpha value is -3.22. The molecule has 172 valence electrons. The first-order chi connectivity index (χ1) is 15.5. The zero-order chi connectivity index (χ0) is 22.9. The molecule has 0 aromatic heterocycles. The molecule has 1 aliphatic rings. The molecule has 7 heteroatoms. The van der Waals surface area contributed by atoms with Crippen molar-refractivity contribution in [3.05, 3.63) is 59.2 Å². The van der Waals surface area contributed by atoms with Crippen molar-refractivity contribution in [3.8, 4) is 11.5 Å². The molecule has 2 aromatic carbocycles. The van der Waals surface area contributed by atoms with Crippen LogP contribution in [0.5, 0.6) is 11.5 Å². The first-order valence-corrected chi connectivity index (χ1v) is 10.9. The van der Waals surface area contributed by atoms with E-state index < -0.39 is 0 Å². The maximum Gasteiger partial charge on any atom is 0.337 e. The van der Waals surface area contributed by atoms with Crippen molar-refractivity contribution >= 4 is 12.0 Å². The van der Waals surface area contributed by atoms with E-state index in [0.717, 1.165) is 55.8 Å². The Kier molecular flexibility index (Phi) is 8.36. The fourth-order valence-electron chi connectivity index (χ4n) is 3.97. The molecule has 1 fully saturated rings. The largest absolute Gasteiger partial charge is 0.497 e. The van der Waals surface area contributed by atoms with E-state index in [1.165, 1.54) is 12.7 Å². The molecule has 3 rings (SSSR count). The molecular formula is C25H32N2O5. The van der Waals surface area contributed by atoms with Gasteiger partial charge >= 0.3 is 12.0 Å². The van der Waals surface area contributed by atoms with E-state index in [2.05, 4.69) is 17.4 Å². The molecule has 0 radical (unpaired) electrons. The van der Waals surface area contributed by atoms with Crippen LogP contribution in [0, 0.1) is 5.92 Å². The maximum absolute atomic E-state index is 12.5. The highest BCUT2D eigenvalue weighted by Crippen LogP contribution is 2.27. The lowest BCUT2D eigenvalue weighted by molar-refractivity contribution is 0.0600. The van der Waals surface area contributed by atoms with E-state index in [1.54, 1.807) is 26.4 Å². The van der Waals surface area contributed by atoms with Gasteiger partial charge in [0.25, 0.3) is 0 Å². The number of nitrogens with one attached hydrogen (secondary N) is 1. The second-order valence-corrected chi connectivity index (χ2v) is 8.04. The summed E-state index contributed by atoms with van der Waals surface area (Å²) in [5.41, 5.74) is 2.64. The van der Waals surface area contributed by atoms with E-state index in [9.17, 15) is 9.59 Å². The second kappa shape index (κ2) is 11.4. The fraction of sp³-hybridized carbons (Fsp3) is 0.440. The minimum Gasteiger partial charge on any atom is -0.497 e. The van der Waals surface area contributed by atoms with Gasteiger partial charge in [-0.15, -0.1) is 0 Å². The molecule has 32 heavy (non-hydrogen) atoms. The van der Waals surface area contributed by atoms with Crippen molar-refractivity contribution in [2.24, 2.45) is 5.92 Å². The van der Waals surface area contributed by atoms with Gasteiger partial charge in [-0.3, -0.25) is 0 Å². The van der Waals surface area contributed by atoms with Gasteiger partial charge in [-0.05, 0) is 67.0 Å². The average molecular weight is 441 g/mol. The van der Waals surface area contributed by atoms with Crippen LogP contribution in [0.25, 0.3) is 0 Å². The van der Waals surface area contributed by atoms with Crippen molar-refractivity contribution in [1.82, 2.24) is 10.2 Å². The van der Waals surface area contributed by atoms with Gasteiger partial charge in [0.05, 0.1) is 26.9 Å². The number of likely N-dealkylation sites (tertiary alicyclic amines) is 1. The van der Waals surface area contributed by atoms with Crippen LogP contribution in [0.4, 0.5) is 4.79 Å². The van der Waals surface area contributed by atoms with Crippen LogP contribution in [0.15, 0.2) is 42.5 Å². The number of piperidine rings is 1. The number of aryl methyl sites for hydroxylation is 1. The standard InChI is InChI=1S/C25H32N2O5/c1-30-22-14-20(15-23(16-22)31-2)5-4-18-10-12-27(13-11-18)25(29)26-17-19-6-8-21(9-7-19)24(28)32-3/h6-9,14-16,18H,4-5,10-13,17H2,1-3H3,(H,26,29). The van der Waals surface area contributed by atoms with E-state index in [-0.39, 0.29) is 12.0 Å². The fourth-order valence-corrected chi connectivity index (χ4v) is 3.97. The molecule has 0 spiro atoms. The molecular weight excluding hydrogens is 408 g/mol. The van der Waals surface area contributed by atoms with Crippen molar-refractivity contribution in [1.29, 1.82) is 0 Å². The van der Waals surface area contributed by atoms with Crippen LogP contribution in [0.3, 0.4) is 0 Å². The maximum atomic E-state index is 12.5. The predicted molar refractivity (Wildman–Crippen MR) is 122 cm³/mol. The van der Waals surface area contributed by atoms with Crippen molar-refractivity contribution in [2.45, 2.75) is 32.2 Å². The predicted octanol–water partition coefficient (Wildman–Crippen LogP) is 4.04. The van der Waals surface area contributed by atoms with Crippen LogP contribution in [0.1, 0.15) is 40.7 Å². The minimum atomic E-state index is -0.367. The molecule has 0 saturated carbocycles. The zero-order valence-corrected chi connectivity index (χ0v) is 19.1. The summed E-state index contributed by atoms with van der Waals surface area (Å²) >= 11 is 0. The molecule has 2 amide bonds. The van der Waals surface area contributed by atoms with Gasteiger partial charge in [0, 0.05) is 25.7 Å². The van der Waals surface area contributed by atoms with Crippen LogP contribution in [0.2, 0.25) is 0 Å². The number of carbonyl (C=O) groups excluding carboxylic acids is 2. The number of hydrogen-bond acceptors (Lipinski definition) is 5. The van der Waals surface area contributed by atoms with Gasteiger partial charge in [-0.2, -0.15) is 0 Å². The van der Waals surface area contributed by atoms with Gasteiger partial charge in [0.15, 0.2) is 0 Å². The number of amides is 2. The Bertz CT molecular complexity index is 883. The highest BCUT2D eigenvalue weighted by molar-refractivity contribution is 5.89. The number of rotatable bonds is 8. The number of hydrogen-bond donors (Lipinski definition) is 1. The molecule has 1 N–H and O–H groups in total. The number of carbonyl (C=O) groups is 2. The molecule has 0 atom stereocenters. The smallest absolute Gasteiger partial charge is 0.337 e. The summed E-state index contributed by atoms with van der Waals surface area (Å²) in [7, 11) is 4.68. The quantitative estimate of drug-likeness (QED) is 0.627. The number of ether oxygens (including phenoxy) is 3. The first kappa shape index (κ1) is 23.4. The minimum absolute atomic E-state index is 0.0435. The lowest BCUT2D eigenvalue weighted by Crippen LogP contribution is -2.44. The Labute approximate surface area is 189 Å². The summed E-state index contributed by atoms with van der Waals surface area (Å²) < 4.78 is 15.4. The van der Waals surface area contributed by atoms with Gasteiger partial charge < -0.3 is 24.4 Å². The summed E-state index contributed by atoms with van der Waals surface area (Å²) in [5.74, 6) is 1.85. The van der Waals surface area contributed by atoms with Gasteiger partial charge in [-0.1, -0.05) is 12.1 Å². The third-order valence-corrected chi connectivity index (χ3v) is 5.97. The highest BCUT2D eigenvalue weighted by atomic mass is 16.5. The Morgan fingerprint density at radius 1 is 0.938 bits per heavy atom. The molecule has 1 saturated heterocycles. The summed E-state index contributed by atoms with van der Waals surface area (Å²) in [4.78, 5) is 25.9. The molecule has 1 heterocycles. The summed E-state index contributed by atoms with van der Waals surface area (Å²) in [5, 5.41) is 2.97. The van der Waals surface area contributed by atoms with Gasteiger partial charge in [0.2, 0.25) is 0 Å². The Balaban J connectivity index is 1.41. The lowest BCUT2D eigenvalue weighted by atomic mass is 9.90. The molecule has 0 aliphatic carbocycles. The summed E-state index contributed by atoms with van der Waals surface area (Å²) in [6.07, 6.45) is 4.05. The molecule has 2 aromatic rings. The number of benzene rings is 2. The molecule has 0 bridgehead atoms. The summed E-state index contributed by atoms with van der Waals surface area (Å²) in [6, 6.07) is 13.0. The highest BCUT2D eigenvalue weighted by Gasteiger charge is 2.22. The monoisotopic (exact) mass is 440 g/mol. The lowest BCUT2D eigenvalue weighted by Gasteiger charge is -2.32. The third kappa shape index (κ3) is 6.39. The number of esters is 1. The van der Waals surface area contributed by atoms with Crippen LogP contribution in [-0.4, -0.2) is 51.3 Å². The van der Waals surface area contributed by atoms with E-state index in [0.29, 0.717) is 18.0 Å². The van der Waals surface area contributed by atoms with Crippen molar-refractivity contribution in [3.63, 3.8) is 0 Å². The normalized spacial score (nSPS) is 14.0. The Morgan fingerprint density at radius 3 is 2.12 bits per heavy atom. The van der Waals surface area contributed by atoms with Crippen molar-refractivity contribution < 1.29 is 23.8 Å². The number of urea groups is 1. The SMILES string of the molecule is COC(=O)c1ccc(CNC(=O)N2CCC(CCc3cc(OC)cc(OC)c3)CC2)cc1. The van der Waals surface area contributed by atoms with E-state index in [1.807, 2.05) is 23.1 Å². The topological polar surface area (TPSA) is 77.1 Å². The summed E-state index contributed by atoms with van der Waals surface area (Å²) in [6.45, 7) is 1.95. The van der Waals surface area contributed by atoms with Gasteiger partial charge in [0.1, 0.15) is 11.5 Å². The van der Waals surface area contributed by atoms with E-state index >= 15 is 0 Å². The molecule has 7 nitrogen and oxygen atoms in total. The first-order valence-electron chi connectivity index (χ1n) is 10.9. The number of nitrogens with zero attached hydrogens (tertiary/aromatic N) is 1. The zero-order valence-electron chi connectivity index (χ0n) is 19.1. The molecule has 0 unspecified atom stereocenters. The average Bonchev–Trinajstić information content (AvgIpc) is 2.85. The Morgan fingerprint density at radius 2 is 1.56 bits per heavy atom.